The van der Waals surface area contributed by atoms with Gasteiger partial charge in [0.1, 0.15) is 11.6 Å². The molecule has 7 heteroatoms. The van der Waals surface area contributed by atoms with Gasteiger partial charge < -0.3 is 5.32 Å². The van der Waals surface area contributed by atoms with E-state index in [1.165, 1.54) is 30.0 Å². The van der Waals surface area contributed by atoms with Gasteiger partial charge in [-0.1, -0.05) is 17.8 Å². The van der Waals surface area contributed by atoms with Crippen LogP contribution in [0.1, 0.15) is 5.82 Å². The quantitative estimate of drug-likeness (QED) is 0.830. The first-order chi connectivity index (χ1) is 8.63. The monoisotopic (exact) mass is 266 g/mol. The van der Waals surface area contributed by atoms with E-state index in [0.717, 1.165) is 0 Å². The van der Waals surface area contributed by atoms with Crippen LogP contribution < -0.4 is 5.32 Å². The van der Waals surface area contributed by atoms with E-state index in [1.54, 1.807) is 13.0 Å². The number of nitrogens with zero attached hydrogens (tertiary/aromatic N) is 2. The Bertz CT molecular complexity index is 557. The van der Waals surface area contributed by atoms with Crippen molar-refractivity contribution in [3.63, 3.8) is 0 Å². The number of halogens is 1. The summed E-state index contributed by atoms with van der Waals surface area (Å²) in [6, 6.07) is 5.75. The topological polar surface area (TPSA) is 70.7 Å². The summed E-state index contributed by atoms with van der Waals surface area (Å²) in [5, 5.41) is 9.69. The molecule has 2 aromatic rings. The lowest BCUT2D eigenvalue weighted by atomic mass is 10.3. The van der Waals surface area contributed by atoms with Gasteiger partial charge in [0.25, 0.3) is 0 Å². The minimum Gasteiger partial charge on any atom is -0.325 e. The molecule has 1 amide bonds. The van der Waals surface area contributed by atoms with Gasteiger partial charge >= 0.3 is 0 Å². The lowest BCUT2D eigenvalue weighted by Crippen LogP contribution is -2.14. The van der Waals surface area contributed by atoms with Crippen molar-refractivity contribution in [2.24, 2.45) is 0 Å². The second-order valence-corrected chi connectivity index (χ2v) is 4.49. The maximum atomic E-state index is 12.9. The Morgan fingerprint density at radius 1 is 1.56 bits per heavy atom. The maximum Gasteiger partial charge on any atom is 0.234 e. The van der Waals surface area contributed by atoms with Crippen molar-refractivity contribution in [3.05, 3.63) is 35.9 Å². The Balaban J connectivity index is 1.85. The summed E-state index contributed by atoms with van der Waals surface area (Å²) in [5.41, 5.74) is 0.437. The predicted octanol–water partition coefficient (Wildman–Crippen LogP) is 1.98. The minimum absolute atomic E-state index is 0.174. The Labute approximate surface area is 107 Å². The van der Waals surface area contributed by atoms with Gasteiger partial charge in [0.2, 0.25) is 11.1 Å². The highest BCUT2D eigenvalue weighted by Crippen LogP contribution is 2.14. The number of hydrogen-bond acceptors (Lipinski definition) is 4. The van der Waals surface area contributed by atoms with Gasteiger partial charge in [0, 0.05) is 5.69 Å². The molecule has 0 aliphatic rings. The number of nitrogens with one attached hydrogen (secondary N) is 2. The van der Waals surface area contributed by atoms with E-state index < -0.39 is 0 Å². The number of anilines is 1. The van der Waals surface area contributed by atoms with E-state index in [-0.39, 0.29) is 17.5 Å². The molecule has 1 heterocycles. The molecule has 0 aliphatic carbocycles. The summed E-state index contributed by atoms with van der Waals surface area (Å²) in [6.07, 6.45) is 0. The molecule has 94 valence electrons. The van der Waals surface area contributed by atoms with Gasteiger partial charge in [-0.2, -0.15) is 0 Å². The smallest absolute Gasteiger partial charge is 0.234 e. The fourth-order valence-corrected chi connectivity index (χ4v) is 1.92. The van der Waals surface area contributed by atoms with Crippen LogP contribution in [-0.4, -0.2) is 26.8 Å². The van der Waals surface area contributed by atoms with Crippen LogP contribution in [0.3, 0.4) is 0 Å². The number of aromatic amines is 1. The van der Waals surface area contributed by atoms with Crippen LogP contribution in [0.15, 0.2) is 29.4 Å². The van der Waals surface area contributed by atoms with Gasteiger partial charge in [-0.05, 0) is 25.1 Å². The second kappa shape index (κ2) is 5.63. The van der Waals surface area contributed by atoms with Gasteiger partial charge in [-0.15, -0.1) is 5.10 Å². The van der Waals surface area contributed by atoms with Gasteiger partial charge in [-0.25, -0.2) is 9.37 Å². The fraction of sp³-hybridized carbons (Fsp3) is 0.182. The molecule has 5 nitrogen and oxygen atoms in total. The molecule has 0 aliphatic heterocycles. The van der Waals surface area contributed by atoms with Crippen LogP contribution >= 0.6 is 11.8 Å². The van der Waals surface area contributed by atoms with Crippen molar-refractivity contribution in [2.75, 3.05) is 11.1 Å². The van der Waals surface area contributed by atoms with Crippen LogP contribution in [0.5, 0.6) is 0 Å². The second-order valence-electron chi connectivity index (χ2n) is 3.55. The number of aryl methyl sites for hydroxylation is 1. The molecule has 2 N–H and O–H groups in total. The Morgan fingerprint density at radius 2 is 2.39 bits per heavy atom. The van der Waals surface area contributed by atoms with Crippen LogP contribution in [-0.2, 0) is 4.79 Å². The maximum absolute atomic E-state index is 12.9. The van der Waals surface area contributed by atoms with E-state index in [2.05, 4.69) is 20.5 Å². The fourth-order valence-electron chi connectivity index (χ4n) is 1.28. The largest absolute Gasteiger partial charge is 0.325 e. The number of hydrogen-bond donors (Lipinski definition) is 2. The molecular weight excluding hydrogens is 255 g/mol. The number of amides is 1. The first kappa shape index (κ1) is 12.6. The van der Waals surface area contributed by atoms with Crippen molar-refractivity contribution in [2.45, 2.75) is 12.1 Å². The molecule has 1 aromatic carbocycles. The summed E-state index contributed by atoms with van der Waals surface area (Å²) in [7, 11) is 0. The molecule has 0 saturated carbocycles. The third-order valence-corrected chi connectivity index (χ3v) is 2.86. The molecule has 0 unspecified atom stereocenters. The molecule has 18 heavy (non-hydrogen) atoms. The molecule has 0 fully saturated rings. The van der Waals surface area contributed by atoms with E-state index in [0.29, 0.717) is 16.7 Å². The highest BCUT2D eigenvalue weighted by molar-refractivity contribution is 7.99. The zero-order valence-corrected chi connectivity index (χ0v) is 10.4. The molecule has 0 spiro atoms. The van der Waals surface area contributed by atoms with Crippen LogP contribution in [0.4, 0.5) is 10.1 Å². The van der Waals surface area contributed by atoms with Crippen LogP contribution in [0.2, 0.25) is 0 Å². The number of thioether (sulfide) groups is 1. The Morgan fingerprint density at radius 3 is 3.06 bits per heavy atom. The molecule has 0 atom stereocenters. The minimum atomic E-state index is -0.384. The zero-order chi connectivity index (χ0) is 13.0. The molecule has 0 bridgehead atoms. The SMILES string of the molecule is Cc1nc(SCC(=O)Nc2cccc(F)c2)n[nH]1. The average Bonchev–Trinajstić information content (AvgIpc) is 2.73. The van der Waals surface area contributed by atoms with Gasteiger partial charge in [-0.3, -0.25) is 9.89 Å². The van der Waals surface area contributed by atoms with E-state index >= 15 is 0 Å². The van der Waals surface area contributed by atoms with Crippen molar-refractivity contribution in [1.82, 2.24) is 15.2 Å². The highest BCUT2D eigenvalue weighted by atomic mass is 32.2. The van der Waals surface area contributed by atoms with E-state index in [9.17, 15) is 9.18 Å². The highest BCUT2D eigenvalue weighted by Gasteiger charge is 2.07. The summed E-state index contributed by atoms with van der Waals surface area (Å²) in [6.45, 7) is 1.78. The van der Waals surface area contributed by atoms with Gasteiger partial charge in [0.15, 0.2) is 0 Å². The third-order valence-electron chi connectivity index (χ3n) is 2.02. The van der Waals surface area contributed by atoms with Gasteiger partial charge in [0.05, 0.1) is 5.75 Å². The molecule has 1 aromatic heterocycles. The predicted molar refractivity (Wildman–Crippen MR) is 66.9 cm³/mol. The normalized spacial score (nSPS) is 10.3. The standard InChI is InChI=1S/C11H11FN4OS/c1-7-13-11(16-15-7)18-6-10(17)14-9-4-2-3-8(12)5-9/h2-5H,6H2,1H3,(H,14,17)(H,13,15,16). The summed E-state index contributed by atoms with van der Waals surface area (Å²) < 4.78 is 12.9. The Kier molecular flexibility index (Phi) is 3.93. The number of benzene rings is 1. The first-order valence-corrected chi connectivity index (χ1v) is 6.19. The van der Waals surface area contributed by atoms with Crippen molar-refractivity contribution in [3.8, 4) is 0 Å². The number of carbonyl (C=O) groups is 1. The van der Waals surface area contributed by atoms with E-state index in [1.807, 2.05) is 0 Å². The molecule has 0 saturated heterocycles. The third kappa shape index (κ3) is 3.56. The van der Waals surface area contributed by atoms with Crippen LogP contribution in [0, 0.1) is 12.7 Å². The Hall–Kier alpha value is -1.89. The van der Waals surface area contributed by atoms with Crippen molar-refractivity contribution < 1.29 is 9.18 Å². The summed E-state index contributed by atoms with van der Waals surface area (Å²) in [4.78, 5) is 15.6. The summed E-state index contributed by atoms with van der Waals surface area (Å²) in [5.74, 6) is 0.259. The average molecular weight is 266 g/mol. The lowest BCUT2D eigenvalue weighted by Gasteiger charge is -2.03. The number of rotatable bonds is 4. The van der Waals surface area contributed by atoms with Crippen molar-refractivity contribution >= 4 is 23.4 Å². The number of H-pyrrole nitrogens is 1. The van der Waals surface area contributed by atoms with E-state index in [4.69, 9.17) is 0 Å². The molecular formula is C11H11FN4OS. The summed E-state index contributed by atoms with van der Waals surface area (Å²) >= 11 is 1.21. The number of aromatic nitrogens is 3. The molecule has 2 rings (SSSR count). The first-order valence-electron chi connectivity index (χ1n) is 5.21. The van der Waals surface area contributed by atoms with Crippen LogP contribution in [0.25, 0.3) is 0 Å². The van der Waals surface area contributed by atoms with Crippen molar-refractivity contribution in [1.29, 1.82) is 0 Å². The zero-order valence-electron chi connectivity index (χ0n) is 9.61. The molecule has 0 radical (unpaired) electrons. The lowest BCUT2D eigenvalue weighted by molar-refractivity contribution is -0.113. The number of carbonyl (C=O) groups excluding carboxylic acids is 1.